The minimum absolute atomic E-state index is 0.101. The number of nitrogens with one attached hydrogen (secondary N) is 1. The molecule has 1 saturated heterocycles. The van der Waals surface area contributed by atoms with Crippen molar-refractivity contribution in [1.29, 1.82) is 0 Å². The van der Waals surface area contributed by atoms with Gasteiger partial charge in [0.05, 0.1) is 19.3 Å². The topological polar surface area (TPSA) is 86.8 Å². The van der Waals surface area contributed by atoms with Crippen molar-refractivity contribution in [2.45, 2.75) is 77.2 Å². The minimum Gasteiger partial charge on any atom is -0.598 e. The highest BCUT2D eigenvalue weighted by molar-refractivity contribution is 7.90. The fourth-order valence-corrected chi connectivity index (χ4v) is 5.11. The van der Waals surface area contributed by atoms with Crippen LogP contribution in [-0.4, -0.2) is 51.1 Å². The first-order valence-electron chi connectivity index (χ1n) is 10.5. The summed E-state index contributed by atoms with van der Waals surface area (Å²) in [7, 11) is 1.63. The summed E-state index contributed by atoms with van der Waals surface area (Å²) in [4.78, 5) is 18.9. The molecule has 1 aromatic heterocycles. The summed E-state index contributed by atoms with van der Waals surface area (Å²) in [5, 5.41) is 0. The van der Waals surface area contributed by atoms with Gasteiger partial charge >= 0.3 is 6.09 Å². The molecule has 0 bridgehead atoms. The summed E-state index contributed by atoms with van der Waals surface area (Å²) >= 11 is -1.23. The van der Waals surface area contributed by atoms with Crippen LogP contribution in [0.5, 0.6) is 5.75 Å². The van der Waals surface area contributed by atoms with Gasteiger partial charge in [-0.25, -0.2) is 4.79 Å². The van der Waals surface area contributed by atoms with Crippen LogP contribution in [-0.2, 0) is 22.5 Å². The maximum Gasteiger partial charge on any atom is 0.410 e. The molecule has 1 spiro atoms. The second kappa shape index (κ2) is 8.20. The lowest BCUT2D eigenvalue weighted by Gasteiger charge is -2.43. The average Bonchev–Trinajstić information content (AvgIpc) is 2.92. The molecule has 0 saturated carbocycles. The van der Waals surface area contributed by atoms with Crippen molar-refractivity contribution in [3.05, 3.63) is 23.5 Å². The Morgan fingerprint density at radius 1 is 1.27 bits per heavy atom. The van der Waals surface area contributed by atoms with E-state index in [2.05, 4.69) is 9.71 Å². The van der Waals surface area contributed by atoms with Gasteiger partial charge in [0.25, 0.3) is 0 Å². The highest BCUT2D eigenvalue weighted by atomic mass is 32.2. The Bertz CT molecular complexity index is 780. The van der Waals surface area contributed by atoms with Crippen LogP contribution in [0, 0.1) is 5.41 Å². The van der Waals surface area contributed by atoms with Crippen molar-refractivity contribution < 1.29 is 18.8 Å². The first-order valence-corrected chi connectivity index (χ1v) is 11.7. The molecular formula is C22H35N3O4S. The number of amides is 1. The molecule has 168 valence electrons. The number of carbonyl (C=O) groups excluding carboxylic acids is 1. The van der Waals surface area contributed by atoms with Crippen LogP contribution in [0.1, 0.15) is 71.7 Å². The van der Waals surface area contributed by atoms with Gasteiger partial charge in [-0.2, -0.15) is 0 Å². The zero-order chi connectivity index (χ0) is 22.3. The average molecular weight is 438 g/mol. The number of hydrogen-bond acceptors (Lipinski definition) is 6. The van der Waals surface area contributed by atoms with Crippen LogP contribution < -0.4 is 9.46 Å². The Kier molecular flexibility index (Phi) is 6.33. The normalized spacial score (nSPS) is 22.0. The molecule has 2 heterocycles. The van der Waals surface area contributed by atoms with E-state index in [0.717, 1.165) is 30.5 Å². The largest absolute Gasteiger partial charge is 0.598 e. The van der Waals surface area contributed by atoms with E-state index in [4.69, 9.17) is 9.47 Å². The van der Waals surface area contributed by atoms with E-state index in [9.17, 15) is 9.35 Å². The van der Waals surface area contributed by atoms with E-state index < -0.39 is 17.0 Å². The molecule has 1 aliphatic heterocycles. The maximum absolute atomic E-state index is 13.0. The fraction of sp³-hybridized carbons (Fsp3) is 0.727. The summed E-state index contributed by atoms with van der Waals surface area (Å²) in [5.41, 5.74) is 1.42. The summed E-state index contributed by atoms with van der Waals surface area (Å²) in [6.07, 6.45) is 3.86. The molecular weight excluding hydrogens is 402 g/mol. The number of fused-ring (bicyclic) bond motifs is 1. The lowest BCUT2D eigenvalue weighted by Crippen LogP contribution is -2.51. The molecule has 1 aromatic rings. The lowest BCUT2D eigenvalue weighted by molar-refractivity contribution is 0.00711. The number of carbonyl (C=O) groups is 1. The third-order valence-corrected chi connectivity index (χ3v) is 7.41. The van der Waals surface area contributed by atoms with Gasteiger partial charge < -0.3 is 18.9 Å². The molecule has 30 heavy (non-hydrogen) atoms. The third kappa shape index (κ3) is 4.86. The molecule has 8 heteroatoms. The number of rotatable bonds is 3. The Morgan fingerprint density at radius 3 is 2.43 bits per heavy atom. The van der Waals surface area contributed by atoms with Crippen molar-refractivity contribution >= 4 is 17.5 Å². The predicted octanol–water partition coefficient (Wildman–Crippen LogP) is 3.76. The highest BCUT2D eigenvalue weighted by Gasteiger charge is 2.52. The van der Waals surface area contributed by atoms with Gasteiger partial charge in [0, 0.05) is 35.6 Å². The summed E-state index contributed by atoms with van der Waals surface area (Å²) < 4.78 is 27.0. The van der Waals surface area contributed by atoms with Gasteiger partial charge in [-0.1, -0.05) is 0 Å². The molecule has 2 atom stereocenters. The van der Waals surface area contributed by atoms with Gasteiger partial charge in [0.2, 0.25) is 0 Å². The van der Waals surface area contributed by atoms with Crippen molar-refractivity contribution in [1.82, 2.24) is 14.6 Å². The Morgan fingerprint density at radius 2 is 1.90 bits per heavy atom. The van der Waals surface area contributed by atoms with Crippen molar-refractivity contribution in [3.63, 3.8) is 0 Å². The number of ether oxygens (including phenoxy) is 2. The highest BCUT2D eigenvalue weighted by Crippen LogP contribution is 2.52. The maximum atomic E-state index is 13.0. The number of piperidine rings is 1. The van der Waals surface area contributed by atoms with Crippen LogP contribution in [0.2, 0.25) is 0 Å². The molecule has 0 radical (unpaired) electrons. The third-order valence-electron chi connectivity index (χ3n) is 5.85. The van der Waals surface area contributed by atoms with Crippen molar-refractivity contribution in [2.24, 2.45) is 5.41 Å². The second-order valence-electron chi connectivity index (χ2n) is 10.3. The Balaban J connectivity index is 1.83. The quantitative estimate of drug-likeness (QED) is 0.725. The van der Waals surface area contributed by atoms with E-state index in [1.807, 2.05) is 47.6 Å². The number of hydrogen-bond donors (Lipinski definition) is 1. The summed E-state index contributed by atoms with van der Waals surface area (Å²) in [5.74, 6) is 0.699. The standard InChI is InChI=1S/C22H35N3O4S/c1-20(2,3)29-19(26)25-10-8-22(9-11-25)13-17-16(12-15(28-7)14-23-17)18(22)24-30(27)21(4,5)6/h12,14,18,24H,8-11,13H2,1-7H3/t18?,30-/m1/s1. The lowest BCUT2D eigenvalue weighted by atomic mass is 9.73. The van der Waals surface area contributed by atoms with Crippen molar-refractivity contribution in [2.75, 3.05) is 20.2 Å². The first-order chi connectivity index (χ1) is 13.8. The SMILES string of the molecule is COc1cnc2c(c1)C(N[S@+]([O-])C(C)(C)C)C1(CCN(C(=O)OC(C)(C)C)CC1)C2. The predicted molar refractivity (Wildman–Crippen MR) is 118 cm³/mol. The Labute approximate surface area is 183 Å². The Hall–Kier alpha value is -1.51. The number of likely N-dealkylation sites (tertiary alicyclic amines) is 1. The first kappa shape index (κ1) is 23.2. The van der Waals surface area contributed by atoms with E-state index in [1.54, 1.807) is 18.2 Å². The molecule has 1 fully saturated rings. The van der Waals surface area contributed by atoms with Gasteiger partial charge in [0.15, 0.2) is 0 Å². The molecule has 0 aromatic carbocycles. The van der Waals surface area contributed by atoms with Gasteiger partial charge in [-0.3, -0.25) is 4.98 Å². The number of nitrogens with zero attached hydrogens (tertiary/aromatic N) is 2. The second-order valence-corrected chi connectivity index (χ2v) is 12.3. The van der Waals surface area contributed by atoms with E-state index >= 15 is 0 Å². The number of pyridine rings is 1. The summed E-state index contributed by atoms with van der Waals surface area (Å²) in [6.45, 7) is 12.8. The number of aromatic nitrogens is 1. The molecule has 1 aliphatic carbocycles. The van der Waals surface area contributed by atoms with Crippen LogP contribution in [0.3, 0.4) is 0 Å². The zero-order valence-corrected chi connectivity index (χ0v) is 20.0. The van der Waals surface area contributed by atoms with Gasteiger partial charge in [-0.15, -0.1) is 4.72 Å². The molecule has 7 nitrogen and oxygen atoms in total. The number of methoxy groups -OCH3 is 1. The van der Waals surface area contributed by atoms with E-state index in [1.165, 1.54) is 0 Å². The molecule has 3 rings (SSSR count). The molecule has 1 N–H and O–H groups in total. The fourth-order valence-electron chi connectivity index (χ4n) is 4.16. The van der Waals surface area contributed by atoms with Crippen LogP contribution in [0.25, 0.3) is 0 Å². The monoisotopic (exact) mass is 437 g/mol. The van der Waals surface area contributed by atoms with E-state index in [-0.39, 0.29) is 22.3 Å². The van der Waals surface area contributed by atoms with Gasteiger partial charge in [0.1, 0.15) is 16.1 Å². The minimum atomic E-state index is -1.23. The van der Waals surface area contributed by atoms with E-state index in [0.29, 0.717) is 18.8 Å². The van der Waals surface area contributed by atoms with Crippen LogP contribution >= 0.6 is 0 Å². The summed E-state index contributed by atoms with van der Waals surface area (Å²) in [6, 6.07) is 1.91. The van der Waals surface area contributed by atoms with Crippen LogP contribution in [0.15, 0.2) is 12.3 Å². The van der Waals surface area contributed by atoms with Crippen molar-refractivity contribution in [3.8, 4) is 5.75 Å². The smallest absolute Gasteiger partial charge is 0.410 e. The van der Waals surface area contributed by atoms with Crippen LogP contribution in [0.4, 0.5) is 4.79 Å². The molecule has 1 amide bonds. The molecule has 1 unspecified atom stereocenters. The van der Waals surface area contributed by atoms with Gasteiger partial charge in [-0.05, 0) is 72.4 Å². The molecule has 2 aliphatic rings. The zero-order valence-electron chi connectivity index (χ0n) is 19.2.